The topological polar surface area (TPSA) is 15.3 Å². The lowest BCUT2D eigenvalue weighted by Gasteiger charge is -2.34. The maximum absolute atomic E-state index is 13.6. The van der Waals surface area contributed by atoms with Crippen LogP contribution in [0.15, 0.2) is 18.2 Å². The summed E-state index contributed by atoms with van der Waals surface area (Å²) in [5.74, 6) is -0.107. The first kappa shape index (κ1) is 14.5. The molecular formula is C16H25FN2. The minimum atomic E-state index is -0.107. The molecule has 1 saturated heterocycles. The van der Waals surface area contributed by atoms with Gasteiger partial charge in [0.05, 0.1) is 0 Å². The van der Waals surface area contributed by atoms with E-state index < -0.39 is 0 Å². The molecular weight excluding hydrogens is 239 g/mol. The van der Waals surface area contributed by atoms with Crippen LogP contribution in [0.3, 0.4) is 0 Å². The molecule has 0 bridgehead atoms. The zero-order valence-corrected chi connectivity index (χ0v) is 12.2. The fourth-order valence-corrected chi connectivity index (χ4v) is 2.81. The number of hydrogen-bond acceptors (Lipinski definition) is 2. The molecule has 0 spiro atoms. The normalized spacial score (nSPS) is 22.4. The van der Waals surface area contributed by atoms with Gasteiger partial charge in [0.2, 0.25) is 0 Å². The second-order valence-corrected chi connectivity index (χ2v) is 5.63. The van der Waals surface area contributed by atoms with E-state index in [4.69, 9.17) is 0 Å². The lowest BCUT2D eigenvalue weighted by atomic mass is 10.0. The third-order valence-corrected chi connectivity index (χ3v) is 4.13. The molecule has 1 aromatic rings. The largest absolute Gasteiger partial charge is 0.306 e. The van der Waals surface area contributed by atoms with Gasteiger partial charge < -0.3 is 10.2 Å². The van der Waals surface area contributed by atoms with Gasteiger partial charge in [-0.1, -0.05) is 19.1 Å². The SMILES string of the molecule is CCN1CCCC(NC(C)c2ccc(C)c(F)c2)C1. The van der Waals surface area contributed by atoms with Crippen molar-refractivity contribution in [2.45, 2.75) is 45.7 Å². The molecule has 1 N–H and O–H groups in total. The molecule has 2 rings (SSSR count). The molecule has 0 saturated carbocycles. The van der Waals surface area contributed by atoms with Gasteiger partial charge in [-0.3, -0.25) is 0 Å². The van der Waals surface area contributed by atoms with Gasteiger partial charge in [0.25, 0.3) is 0 Å². The van der Waals surface area contributed by atoms with E-state index in [0.29, 0.717) is 11.6 Å². The first-order valence-corrected chi connectivity index (χ1v) is 7.34. The summed E-state index contributed by atoms with van der Waals surface area (Å²) < 4.78 is 13.6. The quantitative estimate of drug-likeness (QED) is 0.898. The third-order valence-electron chi connectivity index (χ3n) is 4.13. The van der Waals surface area contributed by atoms with Crippen molar-refractivity contribution in [3.8, 4) is 0 Å². The number of nitrogens with one attached hydrogen (secondary N) is 1. The Labute approximate surface area is 116 Å². The number of likely N-dealkylation sites (N-methyl/N-ethyl adjacent to an activating group) is 1. The second kappa shape index (κ2) is 6.49. The van der Waals surface area contributed by atoms with Crippen molar-refractivity contribution in [3.05, 3.63) is 35.1 Å². The van der Waals surface area contributed by atoms with Crippen molar-refractivity contribution >= 4 is 0 Å². The van der Waals surface area contributed by atoms with Crippen molar-refractivity contribution in [2.24, 2.45) is 0 Å². The average molecular weight is 264 g/mol. The number of piperidine rings is 1. The second-order valence-electron chi connectivity index (χ2n) is 5.63. The first-order valence-electron chi connectivity index (χ1n) is 7.34. The van der Waals surface area contributed by atoms with Crippen molar-refractivity contribution < 1.29 is 4.39 Å². The lowest BCUT2D eigenvalue weighted by Crippen LogP contribution is -2.46. The zero-order valence-electron chi connectivity index (χ0n) is 12.2. The van der Waals surface area contributed by atoms with Crippen LogP contribution < -0.4 is 5.32 Å². The van der Waals surface area contributed by atoms with E-state index in [1.54, 1.807) is 13.0 Å². The molecule has 0 aromatic heterocycles. The number of rotatable bonds is 4. The Morgan fingerprint density at radius 3 is 2.95 bits per heavy atom. The fraction of sp³-hybridized carbons (Fsp3) is 0.625. The Kier molecular flexibility index (Phi) is 4.94. The molecule has 0 radical (unpaired) electrons. The molecule has 1 aliphatic rings. The summed E-state index contributed by atoms with van der Waals surface area (Å²) >= 11 is 0. The molecule has 1 heterocycles. The summed E-state index contributed by atoms with van der Waals surface area (Å²) in [6.45, 7) is 9.57. The summed E-state index contributed by atoms with van der Waals surface area (Å²) in [4.78, 5) is 2.48. The maximum atomic E-state index is 13.6. The number of halogens is 1. The van der Waals surface area contributed by atoms with E-state index in [0.717, 1.165) is 18.7 Å². The molecule has 19 heavy (non-hydrogen) atoms. The monoisotopic (exact) mass is 264 g/mol. The van der Waals surface area contributed by atoms with Crippen LogP contribution in [0.4, 0.5) is 4.39 Å². The zero-order chi connectivity index (χ0) is 13.8. The van der Waals surface area contributed by atoms with Gasteiger partial charge in [0.1, 0.15) is 5.82 Å². The van der Waals surface area contributed by atoms with Crippen molar-refractivity contribution in [1.82, 2.24) is 10.2 Å². The molecule has 2 atom stereocenters. The number of hydrogen-bond donors (Lipinski definition) is 1. The molecule has 106 valence electrons. The smallest absolute Gasteiger partial charge is 0.126 e. The van der Waals surface area contributed by atoms with E-state index in [1.807, 2.05) is 12.1 Å². The van der Waals surface area contributed by atoms with Crippen molar-refractivity contribution in [1.29, 1.82) is 0 Å². The summed E-state index contributed by atoms with van der Waals surface area (Å²) in [6, 6.07) is 6.27. The Morgan fingerprint density at radius 1 is 1.47 bits per heavy atom. The predicted octanol–water partition coefficient (Wildman–Crippen LogP) is 3.27. The van der Waals surface area contributed by atoms with Crippen LogP contribution in [0.2, 0.25) is 0 Å². The average Bonchev–Trinajstić information content (AvgIpc) is 2.42. The molecule has 2 nitrogen and oxygen atoms in total. The molecule has 1 aromatic carbocycles. The predicted molar refractivity (Wildman–Crippen MR) is 77.8 cm³/mol. The number of likely N-dealkylation sites (tertiary alicyclic amines) is 1. The summed E-state index contributed by atoms with van der Waals surface area (Å²) in [5, 5.41) is 3.64. The highest BCUT2D eigenvalue weighted by molar-refractivity contribution is 5.25. The number of nitrogens with zero attached hydrogens (tertiary/aromatic N) is 1. The van der Waals surface area contributed by atoms with Crippen LogP contribution in [0.1, 0.15) is 43.9 Å². The molecule has 0 amide bonds. The van der Waals surface area contributed by atoms with Crippen LogP contribution in [-0.4, -0.2) is 30.6 Å². The van der Waals surface area contributed by atoms with Gasteiger partial charge in [-0.15, -0.1) is 0 Å². The van der Waals surface area contributed by atoms with Gasteiger partial charge in [0, 0.05) is 18.6 Å². The first-order chi connectivity index (χ1) is 9.10. The maximum Gasteiger partial charge on any atom is 0.126 e. The number of benzene rings is 1. The van der Waals surface area contributed by atoms with Crippen molar-refractivity contribution in [2.75, 3.05) is 19.6 Å². The van der Waals surface area contributed by atoms with Gasteiger partial charge in [-0.05, 0) is 57.0 Å². The van der Waals surface area contributed by atoms with Gasteiger partial charge in [-0.25, -0.2) is 4.39 Å². The van der Waals surface area contributed by atoms with Crippen LogP contribution in [0, 0.1) is 12.7 Å². The molecule has 3 heteroatoms. The highest BCUT2D eigenvalue weighted by Gasteiger charge is 2.20. The van der Waals surface area contributed by atoms with Crippen LogP contribution >= 0.6 is 0 Å². The van der Waals surface area contributed by atoms with Crippen LogP contribution in [-0.2, 0) is 0 Å². The minimum Gasteiger partial charge on any atom is -0.306 e. The number of aryl methyl sites for hydroxylation is 1. The fourth-order valence-electron chi connectivity index (χ4n) is 2.81. The van der Waals surface area contributed by atoms with E-state index in [-0.39, 0.29) is 11.9 Å². The van der Waals surface area contributed by atoms with E-state index >= 15 is 0 Å². The van der Waals surface area contributed by atoms with Crippen molar-refractivity contribution in [3.63, 3.8) is 0 Å². The molecule has 1 aliphatic heterocycles. The Morgan fingerprint density at radius 2 is 2.26 bits per heavy atom. The van der Waals surface area contributed by atoms with Crippen LogP contribution in [0.5, 0.6) is 0 Å². The van der Waals surface area contributed by atoms with E-state index in [9.17, 15) is 4.39 Å². The Balaban J connectivity index is 1.96. The standard InChI is InChI=1S/C16H25FN2/c1-4-19-9-5-6-15(11-19)18-13(3)14-8-7-12(2)16(17)10-14/h7-8,10,13,15,18H,4-6,9,11H2,1-3H3. The Hall–Kier alpha value is -0.930. The summed E-state index contributed by atoms with van der Waals surface area (Å²) in [7, 11) is 0. The Bertz CT molecular complexity index is 419. The van der Waals surface area contributed by atoms with Gasteiger partial charge in [-0.2, -0.15) is 0 Å². The summed E-state index contributed by atoms with van der Waals surface area (Å²) in [6.07, 6.45) is 2.47. The van der Waals surface area contributed by atoms with Crippen LogP contribution in [0.25, 0.3) is 0 Å². The highest BCUT2D eigenvalue weighted by Crippen LogP contribution is 2.19. The molecule has 1 fully saturated rings. The molecule has 2 unspecified atom stereocenters. The summed E-state index contributed by atoms with van der Waals surface area (Å²) in [5.41, 5.74) is 1.75. The third kappa shape index (κ3) is 3.77. The van der Waals surface area contributed by atoms with Gasteiger partial charge >= 0.3 is 0 Å². The minimum absolute atomic E-state index is 0.107. The van der Waals surface area contributed by atoms with E-state index in [2.05, 4.69) is 24.1 Å². The molecule has 0 aliphatic carbocycles. The highest BCUT2D eigenvalue weighted by atomic mass is 19.1. The van der Waals surface area contributed by atoms with E-state index in [1.165, 1.54) is 19.4 Å². The lowest BCUT2D eigenvalue weighted by molar-refractivity contribution is 0.192. The van der Waals surface area contributed by atoms with Gasteiger partial charge in [0.15, 0.2) is 0 Å².